The molecule has 0 atom stereocenters. The zero-order chi connectivity index (χ0) is 10.5. The molecule has 1 saturated carbocycles. The molecule has 0 aromatic heterocycles. The normalized spacial score (nSPS) is 24.1. The third kappa shape index (κ3) is 3.20. The minimum absolute atomic E-state index is 0.208. The van der Waals surface area contributed by atoms with Crippen molar-refractivity contribution in [3.8, 4) is 0 Å². The molecule has 15 heavy (non-hydrogen) atoms. The quantitative estimate of drug-likeness (QED) is 0.657. The van der Waals surface area contributed by atoms with E-state index in [1.54, 1.807) is 5.06 Å². The highest BCUT2D eigenvalue weighted by Crippen LogP contribution is 2.26. The average molecular weight is 211 g/mol. The van der Waals surface area contributed by atoms with E-state index >= 15 is 0 Å². The molecular formula is C12H21NO2. The Kier molecular flexibility index (Phi) is 4.01. The summed E-state index contributed by atoms with van der Waals surface area (Å²) in [5.41, 5.74) is 0. The third-order valence-electron chi connectivity index (χ3n) is 3.47. The molecule has 1 saturated heterocycles. The van der Waals surface area contributed by atoms with Crippen molar-refractivity contribution in [1.82, 2.24) is 5.06 Å². The van der Waals surface area contributed by atoms with Crippen molar-refractivity contribution in [2.45, 2.75) is 51.4 Å². The van der Waals surface area contributed by atoms with Crippen molar-refractivity contribution >= 4 is 5.91 Å². The lowest BCUT2D eigenvalue weighted by Gasteiger charge is -2.18. The van der Waals surface area contributed by atoms with Crippen LogP contribution in [-0.4, -0.2) is 24.1 Å². The molecule has 0 N–H and O–H groups in total. The van der Waals surface area contributed by atoms with Crippen LogP contribution in [0.5, 0.6) is 0 Å². The predicted molar refractivity (Wildman–Crippen MR) is 58.1 cm³/mol. The van der Waals surface area contributed by atoms with E-state index in [-0.39, 0.29) is 5.91 Å². The van der Waals surface area contributed by atoms with Gasteiger partial charge in [-0.2, -0.15) is 0 Å². The third-order valence-corrected chi connectivity index (χ3v) is 3.47. The standard InChI is InChI=1S/C12H21NO2/c14-12(13-8-5-9-15-13)10-11-6-3-1-2-4-7-11/h11H,1-10H2. The number of hydrogen-bond acceptors (Lipinski definition) is 2. The van der Waals surface area contributed by atoms with Crippen LogP contribution in [0.2, 0.25) is 0 Å². The fourth-order valence-electron chi connectivity index (χ4n) is 2.56. The predicted octanol–water partition coefficient (Wildman–Crippen LogP) is 2.51. The molecule has 1 heterocycles. The summed E-state index contributed by atoms with van der Waals surface area (Å²) in [6.07, 6.45) is 9.49. The summed E-state index contributed by atoms with van der Waals surface area (Å²) < 4.78 is 0. The van der Waals surface area contributed by atoms with E-state index in [0.717, 1.165) is 19.6 Å². The molecule has 0 radical (unpaired) electrons. The monoisotopic (exact) mass is 211 g/mol. The van der Waals surface area contributed by atoms with Crippen LogP contribution < -0.4 is 0 Å². The highest BCUT2D eigenvalue weighted by molar-refractivity contribution is 5.75. The van der Waals surface area contributed by atoms with E-state index in [9.17, 15) is 4.79 Å². The Bertz CT molecular complexity index is 204. The van der Waals surface area contributed by atoms with Gasteiger partial charge in [0.25, 0.3) is 0 Å². The second-order valence-electron chi connectivity index (χ2n) is 4.74. The average Bonchev–Trinajstić information content (AvgIpc) is 2.65. The van der Waals surface area contributed by atoms with Crippen molar-refractivity contribution in [3.05, 3.63) is 0 Å². The number of amides is 1. The van der Waals surface area contributed by atoms with Crippen LogP contribution >= 0.6 is 0 Å². The Morgan fingerprint density at radius 1 is 1.13 bits per heavy atom. The Hall–Kier alpha value is -0.570. The Balaban J connectivity index is 1.76. The lowest BCUT2D eigenvalue weighted by atomic mass is 9.96. The van der Waals surface area contributed by atoms with E-state index in [2.05, 4.69) is 0 Å². The van der Waals surface area contributed by atoms with Gasteiger partial charge in [0.15, 0.2) is 0 Å². The van der Waals surface area contributed by atoms with Crippen LogP contribution in [0.1, 0.15) is 51.4 Å². The van der Waals surface area contributed by atoms with Gasteiger partial charge in [0.2, 0.25) is 5.91 Å². The van der Waals surface area contributed by atoms with Crippen LogP contribution in [0, 0.1) is 5.92 Å². The van der Waals surface area contributed by atoms with E-state index in [1.165, 1.54) is 38.5 Å². The Morgan fingerprint density at radius 2 is 1.87 bits per heavy atom. The summed E-state index contributed by atoms with van der Waals surface area (Å²) in [7, 11) is 0. The van der Waals surface area contributed by atoms with E-state index in [4.69, 9.17) is 4.84 Å². The number of rotatable bonds is 2. The molecule has 0 unspecified atom stereocenters. The van der Waals surface area contributed by atoms with E-state index in [1.807, 2.05) is 0 Å². The highest BCUT2D eigenvalue weighted by atomic mass is 16.7. The summed E-state index contributed by atoms with van der Waals surface area (Å²) >= 11 is 0. The molecule has 1 aliphatic heterocycles. The second kappa shape index (κ2) is 5.50. The van der Waals surface area contributed by atoms with Crippen LogP contribution in [0.4, 0.5) is 0 Å². The smallest absolute Gasteiger partial charge is 0.246 e. The lowest BCUT2D eigenvalue weighted by molar-refractivity contribution is -0.169. The maximum absolute atomic E-state index is 11.8. The molecule has 86 valence electrons. The largest absolute Gasteiger partial charge is 0.273 e. The molecule has 0 bridgehead atoms. The zero-order valence-electron chi connectivity index (χ0n) is 9.41. The Labute approximate surface area is 91.7 Å². The maximum atomic E-state index is 11.8. The number of hydroxylamine groups is 2. The topological polar surface area (TPSA) is 29.5 Å². The van der Waals surface area contributed by atoms with Gasteiger partial charge in [-0.1, -0.05) is 25.7 Å². The summed E-state index contributed by atoms with van der Waals surface area (Å²) in [6, 6.07) is 0. The van der Waals surface area contributed by atoms with Gasteiger partial charge in [0, 0.05) is 6.42 Å². The number of carbonyl (C=O) groups excluding carboxylic acids is 1. The van der Waals surface area contributed by atoms with Crippen LogP contribution in [0.25, 0.3) is 0 Å². The molecule has 2 fully saturated rings. The molecule has 0 aromatic carbocycles. The number of nitrogens with zero attached hydrogens (tertiary/aromatic N) is 1. The molecule has 0 aromatic rings. The van der Waals surface area contributed by atoms with Gasteiger partial charge >= 0.3 is 0 Å². The van der Waals surface area contributed by atoms with Gasteiger partial charge < -0.3 is 0 Å². The zero-order valence-corrected chi connectivity index (χ0v) is 9.41. The minimum Gasteiger partial charge on any atom is -0.273 e. The first-order valence-electron chi connectivity index (χ1n) is 6.29. The molecular weight excluding hydrogens is 190 g/mol. The van der Waals surface area contributed by atoms with Crippen molar-refractivity contribution < 1.29 is 9.63 Å². The van der Waals surface area contributed by atoms with Gasteiger partial charge in [-0.15, -0.1) is 0 Å². The molecule has 1 aliphatic carbocycles. The SMILES string of the molecule is O=C(CC1CCCCCC1)N1CCCO1. The van der Waals surface area contributed by atoms with Gasteiger partial charge in [-0.05, 0) is 25.2 Å². The van der Waals surface area contributed by atoms with Crippen molar-refractivity contribution in [3.63, 3.8) is 0 Å². The van der Waals surface area contributed by atoms with Gasteiger partial charge in [0.05, 0.1) is 13.2 Å². The maximum Gasteiger partial charge on any atom is 0.246 e. The first-order chi connectivity index (χ1) is 7.36. The van der Waals surface area contributed by atoms with Crippen LogP contribution in [0.15, 0.2) is 0 Å². The molecule has 1 amide bonds. The fraction of sp³-hybridized carbons (Fsp3) is 0.917. The molecule has 2 aliphatic rings. The van der Waals surface area contributed by atoms with E-state index < -0.39 is 0 Å². The molecule has 0 spiro atoms. The second-order valence-corrected chi connectivity index (χ2v) is 4.74. The number of hydrogen-bond donors (Lipinski definition) is 0. The number of carbonyl (C=O) groups is 1. The summed E-state index contributed by atoms with van der Waals surface area (Å²) in [5.74, 6) is 0.823. The van der Waals surface area contributed by atoms with Gasteiger partial charge in [-0.3, -0.25) is 9.63 Å². The summed E-state index contributed by atoms with van der Waals surface area (Å²) in [5, 5.41) is 1.57. The Morgan fingerprint density at radius 3 is 2.47 bits per heavy atom. The first kappa shape index (κ1) is 10.9. The summed E-state index contributed by atoms with van der Waals surface area (Å²) in [4.78, 5) is 17.1. The minimum atomic E-state index is 0.208. The molecule has 2 rings (SSSR count). The van der Waals surface area contributed by atoms with Crippen molar-refractivity contribution in [2.75, 3.05) is 13.2 Å². The lowest BCUT2D eigenvalue weighted by Crippen LogP contribution is -2.28. The van der Waals surface area contributed by atoms with Crippen LogP contribution in [0.3, 0.4) is 0 Å². The van der Waals surface area contributed by atoms with E-state index in [0.29, 0.717) is 12.3 Å². The van der Waals surface area contributed by atoms with Crippen molar-refractivity contribution in [1.29, 1.82) is 0 Å². The van der Waals surface area contributed by atoms with Crippen molar-refractivity contribution in [2.24, 2.45) is 5.92 Å². The highest BCUT2D eigenvalue weighted by Gasteiger charge is 2.23. The summed E-state index contributed by atoms with van der Waals surface area (Å²) in [6.45, 7) is 1.52. The fourth-order valence-corrected chi connectivity index (χ4v) is 2.56. The van der Waals surface area contributed by atoms with Crippen LogP contribution in [-0.2, 0) is 9.63 Å². The molecule has 3 heteroatoms. The van der Waals surface area contributed by atoms with Gasteiger partial charge in [0.1, 0.15) is 0 Å². The molecule has 3 nitrogen and oxygen atoms in total. The van der Waals surface area contributed by atoms with Gasteiger partial charge in [-0.25, -0.2) is 5.06 Å². The first-order valence-corrected chi connectivity index (χ1v) is 6.29.